The van der Waals surface area contributed by atoms with Gasteiger partial charge in [0.15, 0.2) is 0 Å². The highest BCUT2D eigenvalue weighted by Gasteiger charge is 2.19. The summed E-state index contributed by atoms with van der Waals surface area (Å²) in [6, 6.07) is 19.5. The van der Waals surface area contributed by atoms with Crippen molar-refractivity contribution in [2.75, 3.05) is 51.7 Å². The summed E-state index contributed by atoms with van der Waals surface area (Å²) in [5.41, 5.74) is 3.37. The zero-order valence-electron chi connectivity index (χ0n) is 20.4. The number of benzene rings is 3. The molecule has 0 aromatic heterocycles. The molecule has 0 saturated carbocycles. The van der Waals surface area contributed by atoms with Crippen LogP contribution in [0.25, 0.3) is 0 Å². The Balaban J connectivity index is 1.89. The van der Waals surface area contributed by atoms with Gasteiger partial charge in [-0.2, -0.15) is 0 Å². The number of carbonyl (C=O) groups is 2. The van der Waals surface area contributed by atoms with E-state index in [4.69, 9.17) is 21.1 Å². The Morgan fingerprint density at radius 1 is 0.971 bits per heavy atom. The molecule has 0 heterocycles. The van der Waals surface area contributed by atoms with Crippen LogP contribution in [0.2, 0.25) is 5.02 Å². The van der Waals surface area contributed by atoms with Gasteiger partial charge in [0.25, 0.3) is 11.8 Å². The lowest BCUT2D eigenvalue weighted by Crippen LogP contribution is -2.34. The SMILES string of the molecule is COCCN(Cc1cc(NC(=O)c2ccccc2Cl)ccc1N(C)C)C(=O)c1ccc(OC)cc1. The standard InChI is InChI=1S/C27H30ClN3O4/c1-30(2)25-14-11-21(29-26(32)23-7-5-6-8-24(23)28)17-20(25)18-31(15-16-34-3)27(33)19-9-12-22(35-4)13-10-19/h5-14,17H,15-16,18H2,1-4H3,(H,29,32). The molecule has 0 aliphatic rings. The summed E-state index contributed by atoms with van der Waals surface area (Å²) in [7, 11) is 7.06. The Morgan fingerprint density at radius 3 is 2.31 bits per heavy atom. The number of carbonyl (C=O) groups excluding carboxylic acids is 2. The molecule has 0 aliphatic heterocycles. The highest BCUT2D eigenvalue weighted by molar-refractivity contribution is 6.34. The number of nitrogens with one attached hydrogen (secondary N) is 1. The van der Waals surface area contributed by atoms with E-state index in [9.17, 15) is 9.59 Å². The molecule has 0 unspecified atom stereocenters. The van der Waals surface area contributed by atoms with Gasteiger partial charge >= 0.3 is 0 Å². The molecule has 2 amide bonds. The van der Waals surface area contributed by atoms with E-state index in [-0.39, 0.29) is 11.8 Å². The van der Waals surface area contributed by atoms with Crippen LogP contribution in [-0.2, 0) is 11.3 Å². The summed E-state index contributed by atoms with van der Waals surface area (Å²) in [5.74, 6) is 0.256. The summed E-state index contributed by atoms with van der Waals surface area (Å²) in [6.45, 7) is 1.13. The molecule has 0 spiro atoms. The third-order valence-electron chi connectivity index (χ3n) is 5.49. The predicted octanol–water partition coefficient (Wildman–Crippen LogP) is 4.96. The molecule has 3 aromatic rings. The van der Waals surface area contributed by atoms with Gasteiger partial charge < -0.3 is 24.6 Å². The summed E-state index contributed by atoms with van der Waals surface area (Å²) in [5, 5.41) is 3.29. The van der Waals surface area contributed by atoms with Crippen LogP contribution in [0.5, 0.6) is 5.75 Å². The Labute approximate surface area is 211 Å². The Morgan fingerprint density at radius 2 is 1.69 bits per heavy atom. The fourth-order valence-corrected chi connectivity index (χ4v) is 3.87. The van der Waals surface area contributed by atoms with Crippen LogP contribution in [-0.4, -0.2) is 58.2 Å². The van der Waals surface area contributed by atoms with Crippen LogP contribution in [0.3, 0.4) is 0 Å². The number of nitrogens with zero attached hydrogens (tertiary/aromatic N) is 2. The highest BCUT2D eigenvalue weighted by Crippen LogP contribution is 2.26. The highest BCUT2D eigenvalue weighted by atomic mass is 35.5. The zero-order valence-corrected chi connectivity index (χ0v) is 21.1. The first-order valence-electron chi connectivity index (χ1n) is 11.1. The van der Waals surface area contributed by atoms with Crippen LogP contribution in [0.15, 0.2) is 66.7 Å². The van der Waals surface area contributed by atoms with Crippen molar-refractivity contribution in [2.24, 2.45) is 0 Å². The van der Waals surface area contributed by atoms with Gasteiger partial charge in [0.1, 0.15) is 5.75 Å². The molecule has 0 saturated heterocycles. The molecule has 0 aliphatic carbocycles. The van der Waals surface area contributed by atoms with Crippen molar-refractivity contribution in [2.45, 2.75) is 6.54 Å². The molecule has 7 nitrogen and oxygen atoms in total. The number of halogens is 1. The summed E-state index contributed by atoms with van der Waals surface area (Å²) >= 11 is 6.18. The third kappa shape index (κ3) is 6.74. The van der Waals surface area contributed by atoms with Crippen LogP contribution in [0.4, 0.5) is 11.4 Å². The maximum absolute atomic E-state index is 13.4. The molecular weight excluding hydrogens is 466 g/mol. The van der Waals surface area contributed by atoms with Crippen LogP contribution >= 0.6 is 11.6 Å². The van der Waals surface area contributed by atoms with E-state index in [1.54, 1.807) is 67.7 Å². The van der Waals surface area contributed by atoms with E-state index >= 15 is 0 Å². The topological polar surface area (TPSA) is 71.1 Å². The van der Waals surface area contributed by atoms with Crippen molar-refractivity contribution in [1.29, 1.82) is 0 Å². The number of hydrogen-bond donors (Lipinski definition) is 1. The number of rotatable bonds is 10. The molecular formula is C27H30ClN3O4. The predicted molar refractivity (Wildman–Crippen MR) is 140 cm³/mol. The van der Waals surface area contributed by atoms with Gasteiger partial charge in [-0.1, -0.05) is 23.7 Å². The zero-order chi connectivity index (χ0) is 25.4. The van der Waals surface area contributed by atoms with E-state index < -0.39 is 0 Å². The van der Waals surface area contributed by atoms with Gasteiger partial charge in [-0.25, -0.2) is 0 Å². The van der Waals surface area contributed by atoms with Crippen molar-refractivity contribution in [1.82, 2.24) is 4.90 Å². The lowest BCUT2D eigenvalue weighted by molar-refractivity contribution is 0.0680. The molecule has 35 heavy (non-hydrogen) atoms. The van der Waals surface area contributed by atoms with Crippen LogP contribution in [0.1, 0.15) is 26.3 Å². The van der Waals surface area contributed by atoms with E-state index in [1.807, 2.05) is 37.2 Å². The lowest BCUT2D eigenvalue weighted by Gasteiger charge is -2.26. The largest absolute Gasteiger partial charge is 0.497 e. The van der Waals surface area contributed by atoms with Crippen LogP contribution in [0, 0.1) is 0 Å². The normalized spacial score (nSPS) is 10.5. The second kappa shape index (κ2) is 12.2. The number of hydrogen-bond acceptors (Lipinski definition) is 5. The number of anilines is 2. The average molecular weight is 496 g/mol. The van der Waals surface area contributed by atoms with Gasteiger partial charge in [-0.3, -0.25) is 9.59 Å². The van der Waals surface area contributed by atoms with Crippen LogP contribution < -0.4 is 15.0 Å². The number of amides is 2. The Kier molecular flexibility index (Phi) is 9.11. The van der Waals surface area contributed by atoms with E-state index in [0.29, 0.717) is 47.3 Å². The Hall–Kier alpha value is -3.55. The van der Waals surface area contributed by atoms with E-state index in [2.05, 4.69) is 5.32 Å². The molecule has 8 heteroatoms. The maximum Gasteiger partial charge on any atom is 0.257 e. The minimum Gasteiger partial charge on any atom is -0.497 e. The van der Waals surface area contributed by atoms with Crippen molar-refractivity contribution in [3.63, 3.8) is 0 Å². The second-order valence-corrected chi connectivity index (χ2v) is 8.53. The van der Waals surface area contributed by atoms with Gasteiger partial charge in [0.05, 0.1) is 24.3 Å². The molecule has 1 N–H and O–H groups in total. The molecule has 0 fully saturated rings. The Bertz CT molecular complexity index is 1170. The second-order valence-electron chi connectivity index (χ2n) is 8.12. The van der Waals surface area contributed by atoms with Gasteiger partial charge in [-0.15, -0.1) is 0 Å². The average Bonchev–Trinajstić information content (AvgIpc) is 2.86. The van der Waals surface area contributed by atoms with Gasteiger partial charge in [-0.05, 0) is 60.2 Å². The molecule has 3 rings (SSSR count). The first kappa shape index (κ1) is 26.1. The number of ether oxygens (including phenoxy) is 2. The molecule has 0 bridgehead atoms. The maximum atomic E-state index is 13.4. The lowest BCUT2D eigenvalue weighted by atomic mass is 10.1. The minimum absolute atomic E-state index is 0.125. The van der Waals surface area contributed by atoms with Crippen molar-refractivity contribution in [3.8, 4) is 5.75 Å². The monoisotopic (exact) mass is 495 g/mol. The summed E-state index contributed by atoms with van der Waals surface area (Å²) < 4.78 is 10.5. The summed E-state index contributed by atoms with van der Waals surface area (Å²) in [6.07, 6.45) is 0. The fourth-order valence-electron chi connectivity index (χ4n) is 3.65. The van der Waals surface area contributed by atoms with E-state index in [0.717, 1.165) is 11.3 Å². The van der Waals surface area contributed by atoms with E-state index in [1.165, 1.54) is 0 Å². The summed E-state index contributed by atoms with van der Waals surface area (Å²) in [4.78, 5) is 29.8. The molecule has 0 radical (unpaired) electrons. The van der Waals surface area contributed by atoms with Gasteiger partial charge in [0, 0.05) is 51.2 Å². The fraction of sp³-hybridized carbons (Fsp3) is 0.259. The smallest absolute Gasteiger partial charge is 0.257 e. The van der Waals surface area contributed by atoms with Crippen molar-refractivity contribution < 1.29 is 19.1 Å². The number of methoxy groups -OCH3 is 2. The molecule has 184 valence electrons. The van der Waals surface area contributed by atoms with Gasteiger partial charge in [0.2, 0.25) is 0 Å². The first-order valence-corrected chi connectivity index (χ1v) is 11.5. The quantitative estimate of drug-likeness (QED) is 0.430. The third-order valence-corrected chi connectivity index (χ3v) is 5.82. The van der Waals surface area contributed by atoms with Crippen molar-refractivity contribution >= 4 is 34.8 Å². The van der Waals surface area contributed by atoms with Crippen molar-refractivity contribution in [3.05, 3.63) is 88.4 Å². The minimum atomic E-state index is -0.301. The molecule has 0 atom stereocenters. The molecule has 3 aromatic carbocycles. The first-order chi connectivity index (χ1) is 16.8.